The van der Waals surface area contributed by atoms with Gasteiger partial charge in [0.15, 0.2) is 0 Å². The third-order valence-corrected chi connectivity index (χ3v) is 5.53. The zero-order valence-corrected chi connectivity index (χ0v) is 34.5. The molecule has 0 heterocycles. The molecule has 0 aromatic carbocycles. The molecule has 1 atom stereocenters. The van der Waals surface area contributed by atoms with E-state index < -0.39 is 5.97 Å². The second kappa shape index (κ2) is 72.7. The lowest BCUT2D eigenvalue weighted by Crippen LogP contribution is -2.45. The molecule has 346 valence electrons. The summed E-state index contributed by atoms with van der Waals surface area (Å²) in [5, 5.41) is 28.0. The van der Waals surface area contributed by atoms with Crippen molar-refractivity contribution in [2.45, 2.75) is 165 Å². The Kier molecular flexibility index (Phi) is 112. The fraction of sp³-hybridized carbons (Fsp3) is 0.900. The van der Waals surface area contributed by atoms with Crippen molar-refractivity contribution in [1.82, 2.24) is 37.2 Å². The quantitative estimate of drug-likeness (QED) is 0.0337. The summed E-state index contributed by atoms with van der Waals surface area (Å²) in [5.41, 5.74) is 4.50. The molecule has 0 rings (SSSR count). The number of nitrogens with two attached hydrogens (primary N) is 1. The fourth-order valence-corrected chi connectivity index (χ4v) is 3.12. The van der Waals surface area contributed by atoms with Crippen LogP contribution in [0.4, 0.5) is 4.79 Å². The molecule has 0 aromatic rings. The van der Waals surface area contributed by atoms with E-state index in [-0.39, 0.29) is 66.9 Å². The third-order valence-electron chi connectivity index (χ3n) is 5.53. The minimum Gasteiger partial charge on any atom is -0.870 e. The number of carbonyl (C=O) groups excluding carboxylic acids is 3. The first-order valence-corrected chi connectivity index (χ1v) is 18.0. The van der Waals surface area contributed by atoms with E-state index in [1.165, 1.54) is 46.6 Å². The smallest absolute Gasteiger partial charge is 0.314 e. The summed E-state index contributed by atoms with van der Waals surface area (Å²) >= 11 is 0. The maximum Gasteiger partial charge on any atom is 0.314 e. The molecular weight excluding hydrogens is 704 g/mol. The molecule has 0 aromatic heterocycles. The summed E-state index contributed by atoms with van der Waals surface area (Å²) in [4.78, 5) is 40.3. The van der Waals surface area contributed by atoms with Gasteiger partial charge in [-0.15, -0.1) is 0 Å². The van der Waals surface area contributed by atoms with Gasteiger partial charge < -0.3 is 47.6 Å². The summed E-state index contributed by atoms with van der Waals surface area (Å²) in [5.74, 6) is 1.19. The van der Waals surface area contributed by atoms with E-state index in [2.05, 4.69) is 91.4 Å². The first-order valence-electron chi connectivity index (χ1n) is 18.0. The number of urea groups is 1. The van der Waals surface area contributed by atoms with Crippen molar-refractivity contribution < 1.29 is 34.5 Å². The highest BCUT2D eigenvalue weighted by Gasteiger charge is 2.08. The van der Waals surface area contributed by atoms with Gasteiger partial charge >= 0.3 is 12.0 Å². The van der Waals surface area contributed by atoms with E-state index in [1.54, 1.807) is 7.05 Å². The van der Waals surface area contributed by atoms with Gasteiger partial charge in [-0.3, -0.25) is 25.0 Å². The standard InChI is InChI=1S/C11H24N2O2.C9H20N2O.C9H22N2.C3H7NO.C2H4O2.CH5N.5CH4.H2O/c1-5-12-11(15-10(4)14)13-8-6-7-9(2)3;1-4-10-9(12)11-7-5-6-8(2)3;1-4-10-8-11-7-5-6-9(2)3;1-3(5)4-2;1-2(3)4;1-2;;;;;;/h9,11-13H,5-8H2,1-4H3;8H,4-7H2,1-3H3,(H2,10,11,12);9-11H,4-8H2,1-3H3;1-2H3,(H,4,5);1H3,(H,3,4);2H2,1H3;5*1H4;1H2/p-1. The van der Waals surface area contributed by atoms with E-state index in [4.69, 9.17) is 14.6 Å². The topological polar surface area (TPSA) is 238 Å². The number of hydrogen-bond acceptors (Lipinski definition) is 11. The molecule has 0 aliphatic rings. The summed E-state index contributed by atoms with van der Waals surface area (Å²) in [6, 6.07) is -0.0544. The Morgan fingerprint density at radius 3 is 1.31 bits per heavy atom. The number of carboxylic acids is 1. The van der Waals surface area contributed by atoms with Crippen LogP contribution in [0.2, 0.25) is 0 Å². The van der Waals surface area contributed by atoms with Gasteiger partial charge in [-0.25, -0.2) is 4.79 Å². The van der Waals surface area contributed by atoms with E-state index in [0.717, 1.165) is 76.9 Å². The lowest BCUT2D eigenvalue weighted by atomic mass is 10.1. The number of rotatable bonds is 20. The number of amides is 3. The molecule has 1 unspecified atom stereocenters. The number of carboxylic acid groups (broad SMARTS) is 1. The highest BCUT2D eigenvalue weighted by molar-refractivity contribution is 5.73. The minimum absolute atomic E-state index is 0. The molecule has 0 fully saturated rings. The fourth-order valence-electron chi connectivity index (χ4n) is 3.12. The molecule has 0 saturated heterocycles. The Morgan fingerprint density at radius 2 is 1.00 bits per heavy atom. The van der Waals surface area contributed by atoms with E-state index in [1.807, 2.05) is 13.8 Å². The van der Waals surface area contributed by atoms with Gasteiger partial charge in [-0.05, 0) is 96.4 Å². The summed E-state index contributed by atoms with van der Waals surface area (Å²) in [7, 11) is 3.10. The third kappa shape index (κ3) is 127. The van der Waals surface area contributed by atoms with Gasteiger partial charge in [0.25, 0.3) is 5.97 Å². The lowest BCUT2D eigenvalue weighted by Gasteiger charge is -2.19. The summed E-state index contributed by atoms with van der Waals surface area (Å²) in [6.07, 6.45) is 6.80. The zero-order valence-electron chi connectivity index (χ0n) is 34.5. The van der Waals surface area contributed by atoms with Crippen LogP contribution in [0.1, 0.15) is 159 Å². The molecule has 0 spiro atoms. The van der Waals surface area contributed by atoms with Crippen LogP contribution < -0.4 is 43.0 Å². The van der Waals surface area contributed by atoms with Crippen molar-refractivity contribution >= 4 is 23.9 Å². The number of nitrogens with one attached hydrogen (secondary N) is 7. The second-order valence-corrected chi connectivity index (χ2v) is 12.0. The first kappa shape index (κ1) is 84.8. The van der Waals surface area contributed by atoms with Crippen molar-refractivity contribution in [3.63, 3.8) is 0 Å². The van der Waals surface area contributed by atoms with Gasteiger partial charge in [-0.2, -0.15) is 0 Å². The van der Waals surface area contributed by atoms with Crippen molar-refractivity contribution in [2.75, 3.05) is 60.0 Å². The summed E-state index contributed by atoms with van der Waals surface area (Å²) < 4.78 is 5.04. The highest BCUT2D eigenvalue weighted by atomic mass is 16.6. The Hall–Kier alpha value is -2.56. The number of esters is 1. The van der Waals surface area contributed by atoms with Crippen LogP contribution >= 0.6 is 0 Å². The molecule has 11 N–H and O–H groups in total. The van der Waals surface area contributed by atoms with Crippen LogP contribution in [0.25, 0.3) is 0 Å². The van der Waals surface area contributed by atoms with Crippen LogP contribution in [0.15, 0.2) is 0 Å². The van der Waals surface area contributed by atoms with Crippen molar-refractivity contribution in [3.8, 4) is 0 Å². The van der Waals surface area contributed by atoms with Crippen molar-refractivity contribution in [1.29, 1.82) is 0 Å². The largest absolute Gasteiger partial charge is 0.870 e. The molecule has 15 nitrogen and oxygen atoms in total. The first-order chi connectivity index (χ1) is 23.0. The van der Waals surface area contributed by atoms with Gasteiger partial charge in [-0.1, -0.05) is 92.5 Å². The predicted octanol–water partition coefficient (Wildman–Crippen LogP) is 7.21. The minimum atomic E-state index is -0.833. The SMILES string of the molecule is C.C.C.C.C.CC(=O)O.CCNC(=O)NCCCC(C)C.CCNC(NCCCC(C)C)OC(C)=O.CCNCNCCCC(C)C.CN.CNC(C)=O.[OH-]. The Morgan fingerprint density at radius 1 is 0.618 bits per heavy atom. The molecule has 55 heavy (non-hydrogen) atoms. The zero-order chi connectivity index (χ0) is 39.5. The van der Waals surface area contributed by atoms with Crippen molar-refractivity contribution in [2.24, 2.45) is 23.5 Å². The molecule has 0 aliphatic carbocycles. The van der Waals surface area contributed by atoms with Crippen molar-refractivity contribution in [3.05, 3.63) is 0 Å². The average Bonchev–Trinajstić information content (AvgIpc) is 3.00. The van der Waals surface area contributed by atoms with Gasteiger partial charge in [0.1, 0.15) is 0 Å². The van der Waals surface area contributed by atoms with E-state index in [0.29, 0.717) is 6.54 Å². The highest BCUT2D eigenvalue weighted by Crippen LogP contribution is 2.03. The number of hydrogen-bond donors (Lipinski definition) is 9. The molecule has 3 amide bonds. The second-order valence-electron chi connectivity index (χ2n) is 12.0. The molecule has 0 saturated carbocycles. The molecule has 0 aliphatic heterocycles. The maximum absolute atomic E-state index is 10.9. The van der Waals surface area contributed by atoms with Crippen LogP contribution in [0.5, 0.6) is 0 Å². The normalized spacial score (nSPS) is 9.05. The Balaban J connectivity index is -0.0000000426. The number of ether oxygens (including phenoxy) is 1. The Bertz CT molecular complexity index is 700. The van der Waals surface area contributed by atoms with Crippen LogP contribution in [-0.4, -0.2) is 101 Å². The Labute approximate surface area is 343 Å². The van der Waals surface area contributed by atoms with Crippen LogP contribution in [0.3, 0.4) is 0 Å². The average molecular weight is 808 g/mol. The van der Waals surface area contributed by atoms with E-state index >= 15 is 0 Å². The molecule has 0 bridgehead atoms. The number of carbonyl (C=O) groups is 4. The van der Waals surface area contributed by atoms with Crippen LogP contribution in [0, 0.1) is 17.8 Å². The number of aliphatic carboxylic acids is 1. The molecule has 0 radical (unpaired) electrons. The monoisotopic (exact) mass is 808 g/mol. The van der Waals surface area contributed by atoms with Gasteiger partial charge in [0.05, 0.1) is 0 Å². The van der Waals surface area contributed by atoms with E-state index in [9.17, 15) is 14.4 Å². The molecule has 15 heteroatoms. The van der Waals surface area contributed by atoms with Gasteiger partial charge in [0, 0.05) is 47.6 Å². The molecular formula is C40H103N8O7-. The maximum atomic E-state index is 10.9. The summed E-state index contributed by atoms with van der Waals surface area (Å²) in [6.45, 7) is 29.6. The van der Waals surface area contributed by atoms with Crippen LogP contribution in [-0.2, 0) is 19.1 Å². The lowest BCUT2D eigenvalue weighted by molar-refractivity contribution is -0.149. The van der Waals surface area contributed by atoms with Gasteiger partial charge in [0.2, 0.25) is 12.3 Å². The predicted molar refractivity (Wildman–Crippen MR) is 242 cm³/mol.